The molecular formula is C14H9Cl2N3O4. The molecule has 0 radical (unpaired) electrons. The Hall–Kier alpha value is -2.64. The number of para-hydroxylation sites is 1. The minimum absolute atomic E-state index is 0.130. The number of hydrazine groups is 1. The summed E-state index contributed by atoms with van der Waals surface area (Å²) in [6.07, 6.45) is 0. The van der Waals surface area contributed by atoms with Gasteiger partial charge in [-0.05, 0) is 24.3 Å². The van der Waals surface area contributed by atoms with Gasteiger partial charge in [0, 0.05) is 21.7 Å². The van der Waals surface area contributed by atoms with Crippen molar-refractivity contribution in [3.8, 4) is 0 Å². The van der Waals surface area contributed by atoms with Crippen molar-refractivity contribution in [2.45, 2.75) is 0 Å². The van der Waals surface area contributed by atoms with Crippen LogP contribution < -0.4 is 10.9 Å². The van der Waals surface area contributed by atoms with Gasteiger partial charge in [-0.25, -0.2) is 0 Å². The molecule has 0 aliphatic heterocycles. The molecule has 0 bridgehead atoms. The Morgan fingerprint density at radius 3 is 2.13 bits per heavy atom. The number of carbonyl (C=O) groups is 2. The highest BCUT2D eigenvalue weighted by Crippen LogP contribution is 2.19. The molecule has 0 aliphatic rings. The lowest BCUT2D eigenvalue weighted by molar-refractivity contribution is -0.385. The van der Waals surface area contributed by atoms with Crippen molar-refractivity contribution in [1.29, 1.82) is 0 Å². The fourth-order valence-electron chi connectivity index (χ4n) is 1.76. The third-order valence-corrected chi connectivity index (χ3v) is 3.20. The molecule has 118 valence electrons. The maximum absolute atomic E-state index is 12.0. The van der Waals surface area contributed by atoms with E-state index < -0.39 is 16.7 Å². The van der Waals surface area contributed by atoms with Gasteiger partial charge in [-0.2, -0.15) is 0 Å². The predicted molar refractivity (Wildman–Crippen MR) is 84.5 cm³/mol. The second-order valence-corrected chi connectivity index (χ2v) is 5.21. The lowest BCUT2D eigenvalue weighted by Gasteiger charge is -2.08. The number of nitro groups is 1. The highest BCUT2D eigenvalue weighted by molar-refractivity contribution is 6.35. The van der Waals surface area contributed by atoms with E-state index in [1.54, 1.807) is 0 Å². The summed E-state index contributed by atoms with van der Waals surface area (Å²) >= 11 is 11.6. The number of nitro benzene ring substituents is 1. The molecule has 2 amide bonds. The van der Waals surface area contributed by atoms with E-state index in [1.165, 1.54) is 42.5 Å². The number of hydrogen-bond donors (Lipinski definition) is 2. The second kappa shape index (κ2) is 7.08. The normalized spacial score (nSPS) is 10.0. The Morgan fingerprint density at radius 1 is 0.957 bits per heavy atom. The standard InChI is InChI=1S/C14H9Cl2N3O4/c15-9-5-8(6-10(16)7-9)13(20)17-18-14(21)11-3-1-2-4-12(11)19(22)23/h1-7H,(H,17,20)(H,18,21). The summed E-state index contributed by atoms with van der Waals surface area (Å²) in [7, 11) is 0. The van der Waals surface area contributed by atoms with Crippen LogP contribution in [0.15, 0.2) is 42.5 Å². The summed E-state index contributed by atoms with van der Waals surface area (Å²) in [6.45, 7) is 0. The Balaban J connectivity index is 2.10. The van der Waals surface area contributed by atoms with Crippen LogP contribution in [0.5, 0.6) is 0 Å². The van der Waals surface area contributed by atoms with Gasteiger partial charge in [0.15, 0.2) is 0 Å². The zero-order valence-corrected chi connectivity index (χ0v) is 12.9. The van der Waals surface area contributed by atoms with Crippen molar-refractivity contribution in [3.05, 3.63) is 73.8 Å². The van der Waals surface area contributed by atoms with Crippen LogP contribution in [0, 0.1) is 10.1 Å². The molecule has 0 spiro atoms. The zero-order chi connectivity index (χ0) is 17.0. The smallest absolute Gasteiger partial charge is 0.267 e. The van der Waals surface area contributed by atoms with Crippen molar-refractivity contribution in [3.63, 3.8) is 0 Å². The number of rotatable bonds is 3. The van der Waals surface area contributed by atoms with Gasteiger partial charge in [0.25, 0.3) is 17.5 Å². The fourth-order valence-corrected chi connectivity index (χ4v) is 2.29. The lowest BCUT2D eigenvalue weighted by atomic mass is 10.2. The van der Waals surface area contributed by atoms with Crippen molar-refractivity contribution in [2.24, 2.45) is 0 Å². The largest absolute Gasteiger partial charge is 0.282 e. The van der Waals surface area contributed by atoms with Gasteiger partial charge in [-0.15, -0.1) is 0 Å². The number of benzene rings is 2. The Kier molecular flexibility index (Phi) is 5.15. The van der Waals surface area contributed by atoms with E-state index in [1.807, 2.05) is 0 Å². The highest BCUT2D eigenvalue weighted by Gasteiger charge is 2.19. The van der Waals surface area contributed by atoms with Crippen molar-refractivity contribution >= 4 is 40.7 Å². The zero-order valence-electron chi connectivity index (χ0n) is 11.4. The van der Waals surface area contributed by atoms with E-state index in [0.29, 0.717) is 0 Å². The maximum Gasteiger partial charge on any atom is 0.282 e. The molecule has 0 saturated carbocycles. The molecule has 0 aromatic heterocycles. The summed E-state index contributed by atoms with van der Waals surface area (Å²) in [6, 6.07) is 9.54. The Bertz CT molecular complexity index is 775. The van der Waals surface area contributed by atoms with Gasteiger partial charge in [0.1, 0.15) is 5.56 Å². The van der Waals surface area contributed by atoms with Crippen molar-refractivity contribution in [1.82, 2.24) is 10.9 Å². The van der Waals surface area contributed by atoms with Crippen LogP contribution in [0.25, 0.3) is 0 Å². The molecule has 0 aliphatic carbocycles. The quantitative estimate of drug-likeness (QED) is 0.654. The minimum atomic E-state index is -0.821. The number of nitrogens with one attached hydrogen (secondary N) is 2. The van der Waals surface area contributed by atoms with E-state index >= 15 is 0 Å². The van der Waals surface area contributed by atoms with E-state index in [2.05, 4.69) is 10.9 Å². The molecule has 2 aromatic rings. The van der Waals surface area contributed by atoms with Gasteiger partial charge >= 0.3 is 0 Å². The van der Waals surface area contributed by atoms with E-state index in [4.69, 9.17) is 23.2 Å². The SMILES string of the molecule is O=C(NNC(=O)c1ccccc1[N+](=O)[O-])c1cc(Cl)cc(Cl)c1. The molecule has 2 aromatic carbocycles. The van der Waals surface area contributed by atoms with Crippen LogP contribution in [-0.2, 0) is 0 Å². The lowest BCUT2D eigenvalue weighted by Crippen LogP contribution is -2.41. The molecule has 0 fully saturated rings. The maximum atomic E-state index is 12.0. The molecule has 0 heterocycles. The fraction of sp³-hybridized carbons (Fsp3) is 0. The van der Waals surface area contributed by atoms with Crippen LogP contribution in [0.1, 0.15) is 20.7 Å². The number of hydrogen-bond acceptors (Lipinski definition) is 4. The van der Waals surface area contributed by atoms with Gasteiger partial charge in [0.2, 0.25) is 0 Å². The van der Waals surface area contributed by atoms with Gasteiger partial charge in [0.05, 0.1) is 4.92 Å². The highest BCUT2D eigenvalue weighted by atomic mass is 35.5. The Morgan fingerprint density at radius 2 is 1.52 bits per heavy atom. The predicted octanol–water partition coefficient (Wildman–Crippen LogP) is 2.98. The van der Waals surface area contributed by atoms with E-state index in [-0.39, 0.29) is 26.9 Å². The molecule has 2 N–H and O–H groups in total. The van der Waals surface area contributed by atoms with Gasteiger partial charge in [-0.1, -0.05) is 35.3 Å². The Labute approximate surface area is 140 Å². The number of halogens is 2. The van der Waals surface area contributed by atoms with Crippen molar-refractivity contribution in [2.75, 3.05) is 0 Å². The minimum Gasteiger partial charge on any atom is -0.267 e. The third-order valence-electron chi connectivity index (χ3n) is 2.76. The molecule has 7 nitrogen and oxygen atoms in total. The van der Waals surface area contributed by atoms with Crippen LogP contribution in [0.2, 0.25) is 10.0 Å². The van der Waals surface area contributed by atoms with E-state index in [9.17, 15) is 19.7 Å². The number of nitrogens with zero attached hydrogens (tertiary/aromatic N) is 1. The molecule has 0 atom stereocenters. The summed E-state index contributed by atoms with van der Waals surface area (Å²) in [5.74, 6) is -1.49. The molecular weight excluding hydrogens is 345 g/mol. The summed E-state index contributed by atoms with van der Waals surface area (Å²) in [5, 5.41) is 11.4. The molecule has 0 saturated heterocycles. The topological polar surface area (TPSA) is 101 Å². The van der Waals surface area contributed by atoms with Crippen LogP contribution in [-0.4, -0.2) is 16.7 Å². The molecule has 23 heavy (non-hydrogen) atoms. The number of carbonyl (C=O) groups excluding carboxylic acids is 2. The van der Waals surface area contributed by atoms with Gasteiger partial charge < -0.3 is 0 Å². The first-order valence-electron chi connectivity index (χ1n) is 6.18. The van der Waals surface area contributed by atoms with E-state index in [0.717, 1.165) is 0 Å². The van der Waals surface area contributed by atoms with Crippen molar-refractivity contribution < 1.29 is 14.5 Å². The first-order valence-corrected chi connectivity index (χ1v) is 6.94. The average molecular weight is 354 g/mol. The third kappa shape index (κ3) is 4.18. The van der Waals surface area contributed by atoms with Gasteiger partial charge in [-0.3, -0.25) is 30.6 Å². The molecule has 2 rings (SSSR count). The number of amides is 2. The summed E-state index contributed by atoms with van der Waals surface area (Å²) < 4.78 is 0. The summed E-state index contributed by atoms with van der Waals surface area (Å²) in [4.78, 5) is 34.1. The van der Waals surface area contributed by atoms with Crippen LogP contribution in [0.3, 0.4) is 0 Å². The second-order valence-electron chi connectivity index (χ2n) is 4.34. The van der Waals surface area contributed by atoms with Crippen LogP contribution >= 0.6 is 23.2 Å². The molecule has 9 heteroatoms. The van der Waals surface area contributed by atoms with Crippen LogP contribution in [0.4, 0.5) is 5.69 Å². The average Bonchev–Trinajstić information content (AvgIpc) is 2.51. The first-order chi connectivity index (χ1) is 10.9. The monoisotopic (exact) mass is 353 g/mol. The first kappa shape index (κ1) is 16.7. The molecule has 0 unspecified atom stereocenters. The summed E-state index contributed by atoms with van der Waals surface area (Å²) in [5.41, 5.74) is 3.82.